The third-order valence-electron chi connectivity index (χ3n) is 1.99. The molecule has 0 fully saturated rings. The molecule has 0 bridgehead atoms. The number of nitrogen functional groups attached to an aromatic ring is 1. The molecule has 0 aliphatic rings. The van der Waals surface area contributed by atoms with Gasteiger partial charge in [0.05, 0.1) is 5.69 Å². The lowest BCUT2D eigenvalue weighted by Crippen LogP contribution is -2.19. The quantitative estimate of drug-likeness (QED) is 0.689. The largest absolute Gasteiger partial charge is 0.477 e. The van der Waals surface area contributed by atoms with Crippen LogP contribution in [0.25, 0.3) is 0 Å². The van der Waals surface area contributed by atoms with Crippen LogP contribution in [-0.4, -0.2) is 16.1 Å². The van der Waals surface area contributed by atoms with Gasteiger partial charge in [0.2, 0.25) is 0 Å². The summed E-state index contributed by atoms with van der Waals surface area (Å²) in [5, 5.41) is 8.88. The molecular formula is C10H14N2O3. The summed E-state index contributed by atoms with van der Waals surface area (Å²) in [5.74, 6) is -0.837. The molecule has 1 heterocycles. The van der Waals surface area contributed by atoms with Gasteiger partial charge < -0.3 is 15.8 Å². The van der Waals surface area contributed by atoms with Gasteiger partial charge in [-0.25, -0.2) is 4.79 Å². The zero-order chi connectivity index (χ0) is 11.6. The molecular weight excluding hydrogens is 196 g/mol. The molecule has 0 saturated carbocycles. The number of pyridine rings is 1. The van der Waals surface area contributed by atoms with E-state index in [1.54, 1.807) is 0 Å². The zero-order valence-electron chi connectivity index (χ0n) is 8.70. The van der Waals surface area contributed by atoms with E-state index in [-0.39, 0.29) is 11.4 Å². The summed E-state index contributed by atoms with van der Waals surface area (Å²) in [6.07, 6.45) is 0.572. The zero-order valence-corrected chi connectivity index (χ0v) is 8.70. The van der Waals surface area contributed by atoms with E-state index >= 15 is 0 Å². The predicted octanol–water partition coefficient (Wildman–Crippen LogP) is 0.854. The van der Waals surface area contributed by atoms with E-state index in [2.05, 4.69) is 4.98 Å². The molecule has 0 spiro atoms. The lowest BCUT2D eigenvalue weighted by molar-refractivity contribution is 0.0688. The van der Waals surface area contributed by atoms with Crippen molar-refractivity contribution in [1.29, 1.82) is 0 Å². The van der Waals surface area contributed by atoms with Crippen LogP contribution < -0.4 is 11.3 Å². The topological polar surface area (TPSA) is 96.2 Å². The second-order valence-corrected chi connectivity index (χ2v) is 3.86. The Balaban J connectivity index is 3.28. The van der Waals surface area contributed by atoms with Crippen molar-refractivity contribution < 1.29 is 9.90 Å². The number of aromatic nitrogens is 1. The van der Waals surface area contributed by atoms with E-state index in [0.717, 1.165) is 0 Å². The Labute approximate surface area is 86.9 Å². The first kappa shape index (κ1) is 11.3. The number of aromatic carboxylic acids is 1. The Morgan fingerprint density at radius 3 is 2.67 bits per heavy atom. The van der Waals surface area contributed by atoms with Crippen molar-refractivity contribution in [1.82, 2.24) is 4.98 Å². The van der Waals surface area contributed by atoms with Crippen molar-refractivity contribution in [2.45, 2.75) is 20.3 Å². The van der Waals surface area contributed by atoms with Crippen molar-refractivity contribution in [2.24, 2.45) is 5.92 Å². The van der Waals surface area contributed by atoms with E-state index in [4.69, 9.17) is 10.8 Å². The monoisotopic (exact) mass is 210 g/mol. The summed E-state index contributed by atoms with van der Waals surface area (Å²) in [4.78, 5) is 24.3. The van der Waals surface area contributed by atoms with Crippen LogP contribution in [0.4, 0.5) is 5.69 Å². The van der Waals surface area contributed by atoms with Crippen LogP contribution in [-0.2, 0) is 6.42 Å². The van der Waals surface area contributed by atoms with Gasteiger partial charge in [-0.1, -0.05) is 13.8 Å². The standard InChI is InChI=1S/C10H14N2O3/c1-5(2)3-6-4-7(11)9(13)12-8(6)10(14)15/h4-5H,3,11H2,1-2H3,(H,12,13)(H,14,15). The van der Waals surface area contributed by atoms with Crippen LogP contribution in [0.1, 0.15) is 29.9 Å². The number of hydrogen-bond acceptors (Lipinski definition) is 3. The fraction of sp³-hybridized carbons (Fsp3) is 0.400. The highest BCUT2D eigenvalue weighted by atomic mass is 16.4. The Morgan fingerprint density at radius 2 is 2.20 bits per heavy atom. The van der Waals surface area contributed by atoms with Gasteiger partial charge >= 0.3 is 5.97 Å². The molecule has 1 aromatic rings. The minimum atomic E-state index is -1.14. The van der Waals surface area contributed by atoms with Crippen LogP contribution in [0.2, 0.25) is 0 Å². The number of carboxylic acids is 1. The summed E-state index contributed by atoms with van der Waals surface area (Å²) in [6.45, 7) is 3.93. The highest BCUT2D eigenvalue weighted by molar-refractivity contribution is 5.87. The predicted molar refractivity (Wildman–Crippen MR) is 57.0 cm³/mol. The molecule has 5 heteroatoms. The van der Waals surface area contributed by atoms with Crippen molar-refractivity contribution in [3.8, 4) is 0 Å². The van der Waals surface area contributed by atoms with E-state index in [9.17, 15) is 9.59 Å². The molecule has 82 valence electrons. The van der Waals surface area contributed by atoms with Gasteiger partial charge in [-0.15, -0.1) is 0 Å². The normalized spacial score (nSPS) is 10.6. The van der Waals surface area contributed by atoms with Crippen molar-refractivity contribution in [3.05, 3.63) is 27.7 Å². The van der Waals surface area contributed by atoms with Gasteiger partial charge in [-0.2, -0.15) is 0 Å². The molecule has 1 rings (SSSR count). The van der Waals surface area contributed by atoms with E-state index in [1.165, 1.54) is 6.07 Å². The molecule has 0 unspecified atom stereocenters. The van der Waals surface area contributed by atoms with Gasteiger partial charge in [-0.05, 0) is 24.0 Å². The lowest BCUT2D eigenvalue weighted by atomic mass is 10.0. The molecule has 0 aromatic carbocycles. The fourth-order valence-electron chi connectivity index (χ4n) is 1.38. The third kappa shape index (κ3) is 2.59. The van der Waals surface area contributed by atoms with E-state index < -0.39 is 11.5 Å². The number of anilines is 1. The minimum Gasteiger partial charge on any atom is -0.477 e. The molecule has 0 saturated heterocycles. The second-order valence-electron chi connectivity index (χ2n) is 3.86. The number of carboxylic acid groups (broad SMARTS) is 1. The molecule has 0 atom stereocenters. The highest BCUT2D eigenvalue weighted by Gasteiger charge is 2.13. The van der Waals surface area contributed by atoms with Crippen molar-refractivity contribution in [2.75, 3.05) is 5.73 Å². The first-order valence-corrected chi connectivity index (χ1v) is 4.66. The number of carbonyl (C=O) groups is 1. The molecule has 0 amide bonds. The van der Waals surface area contributed by atoms with E-state index in [0.29, 0.717) is 17.9 Å². The number of aromatic amines is 1. The smallest absolute Gasteiger partial charge is 0.352 e. The molecule has 0 aliphatic carbocycles. The minimum absolute atomic E-state index is 0.0515. The maximum atomic E-state index is 11.1. The highest BCUT2D eigenvalue weighted by Crippen LogP contribution is 2.12. The maximum absolute atomic E-state index is 11.1. The van der Waals surface area contributed by atoms with Gasteiger partial charge in [0.25, 0.3) is 5.56 Å². The SMILES string of the molecule is CC(C)Cc1cc(N)c(=O)[nH]c1C(=O)O. The van der Waals surface area contributed by atoms with Crippen LogP contribution >= 0.6 is 0 Å². The average molecular weight is 210 g/mol. The van der Waals surface area contributed by atoms with Gasteiger partial charge in [0, 0.05) is 0 Å². The summed E-state index contributed by atoms with van der Waals surface area (Å²) >= 11 is 0. The number of nitrogens with one attached hydrogen (secondary N) is 1. The van der Waals surface area contributed by atoms with Gasteiger partial charge in [0.1, 0.15) is 5.69 Å². The Hall–Kier alpha value is -1.78. The summed E-state index contributed by atoms with van der Waals surface area (Å²) < 4.78 is 0. The van der Waals surface area contributed by atoms with Crippen LogP contribution in [0.15, 0.2) is 10.9 Å². The molecule has 0 aliphatic heterocycles. The first-order chi connectivity index (χ1) is 6.91. The number of hydrogen-bond donors (Lipinski definition) is 3. The molecule has 1 aromatic heterocycles. The number of H-pyrrole nitrogens is 1. The van der Waals surface area contributed by atoms with Crippen LogP contribution in [0, 0.1) is 5.92 Å². The van der Waals surface area contributed by atoms with Crippen molar-refractivity contribution >= 4 is 11.7 Å². The first-order valence-electron chi connectivity index (χ1n) is 4.66. The van der Waals surface area contributed by atoms with Crippen LogP contribution in [0.5, 0.6) is 0 Å². The molecule has 15 heavy (non-hydrogen) atoms. The van der Waals surface area contributed by atoms with Crippen molar-refractivity contribution in [3.63, 3.8) is 0 Å². The van der Waals surface area contributed by atoms with Crippen LogP contribution in [0.3, 0.4) is 0 Å². The number of nitrogens with two attached hydrogens (primary N) is 1. The maximum Gasteiger partial charge on any atom is 0.352 e. The Bertz CT molecular complexity index is 435. The third-order valence-corrected chi connectivity index (χ3v) is 1.99. The molecule has 0 radical (unpaired) electrons. The van der Waals surface area contributed by atoms with Gasteiger partial charge in [0.15, 0.2) is 0 Å². The van der Waals surface area contributed by atoms with Gasteiger partial charge in [-0.3, -0.25) is 4.79 Å². The average Bonchev–Trinajstić information content (AvgIpc) is 2.09. The lowest BCUT2D eigenvalue weighted by Gasteiger charge is -2.08. The second kappa shape index (κ2) is 4.16. The molecule has 5 nitrogen and oxygen atoms in total. The fourth-order valence-corrected chi connectivity index (χ4v) is 1.38. The summed E-state index contributed by atoms with van der Waals surface area (Å²) in [6, 6.07) is 1.43. The summed E-state index contributed by atoms with van der Waals surface area (Å²) in [5.41, 5.74) is 5.42. The van der Waals surface area contributed by atoms with E-state index in [1.807, 2.05) is 13.8 Å². The summed E-state index contributed by atoms with van der Waals surface area (Å²) in [7, 11) is 0. The molecule has 4 N–H and O–H groups in total. The Morgan fingerprint density at radius 1 is 1.60 bits per heavy atom. The number of rotatable bonds is 3. The Kier molecular flexibility index (Phi) is 3.14.